The molecule has 0 bridgehead atoms. The Balaban J connectivity index is 0.000000192. The number of hydrogen-bond acceptors (Lipinski definition) is 4. The zero-order valence-corrected chi connectivity index (χ0v) is 20.1. The number of para-hydroxylation sites is 1. The van der Waals surface area contributed by atoms with E-state index in [9.17, 15) is 0 Å². The van der Waals surface area contributed by atoms with Crippen LogP contribution in [0.15, 0.2) is 95.7 Å². The molecule has 4 heterocycles. The van der Waals surface area contributed by atoms with Gasteiger partial charge >= 0.3 is 0 Å². The van der Waals surface area contributed by atoms with Crippen molar-refractivity contribution in [2.75, 3.05) is 0 Å². The van der Waals surface area contributed by atoms with Crippen LogP contribution in [-0.4, -0.2) is 15.0 Å². The molecule has 169 valence electrons. The minimum Gasteiger partial charge on any atom is -0.455 e. The predicted octanol–water partition coefficient (Wildman–Crippen LogP) is 7.01. The van der Waals surface area contributed by atoms with Crippen LogP contribution in [0.5, 0.6) is 0 Å². The van der Waals surface area contributed by atoms with Gasteiger partial charge in [-0.05, 0) is 48.1 Å². The molecule has 0 amide bonds. The van der Waals surface area contributed by atoms with Gasteiger partial charge in [-0.2, -0.15) is 12.1 Å². The van der Waals surface area contributed by atoms with Crippen molar-refractivity contribution < 1.29 is 32.7 Å². The monoisotopic (exact) mass is 626 g/mol. The number of benzene rings is 2. The van der Waals surface area contributed by atoms with Crippen molar-refractivity contribution in [3.05, 3.63) is 115 Å². The van der Waals surface area contributed by atoms with E-state index in [0.717, 1.165) is 27.6 Å². The Morgan fingerprint density at radius 2 is 1.65 bits per heavy atom. The van der Waals surface area contributed by atoms with Crippen LogP contribution in [0.25, 0.3) is 44.6 Å². The number of pyridine rings is 3. The predicted molar refractivity (Wildman–Crippen MR) is 132 cm³/mol. The van der Waals surface area contributed by atoms with Gasteiger partial charge in [-0.15, -0.1) is 42.0 Å². The molecule has 1 radical (unpaired) electrons. The maximum absolute atomic E-state index is 7.47. The Hall–Kier alpha value is -3.66. The van der Waals surface area contributed by atoms with Crippen molar-refractivity contribution in [3.63, 3.8) is 0 Å². The smallest absolute Gasteiger partial charge is 0.151 e. The molecular formula is C29H21IrN3O-2. The van der Waals surface area contributed by atoms with Gasteiger partial charge in [0, 0.05) is 45.3 Å². The van der Waals surface area contributed by atoms with Gasteiger partial charge in [0.05, 0.1) is 6.20 Å². The zero-order valence-electron chi connectivity index (χ0n) is 23.7. The Morgan fingerprint density at radius 1 is 0.765 bits per heavy atom. The van der Waals surface area contributed by atoms with E-state index in [2.05, 4.69) is 27.1 Å². The van der Waals surface area contributed by atoms with Gasteiger partial charge in [-0.1, -0.05) is 36.4 Å². The Bertz CT molecular complexity index is 1730. The second kappa shape index (κ2) is 10.5. The van der Waals surface area contributed by atoms with E-state index in [0.29, 0.717) is 17.0 Å². The summed E-state index contributed by atoms with van der Waals surface area (Å²) in [6.45, 7) is -4.35. The zero-order chi connectivity index (χ0) is 27.6. The fraction of sp³-hybridized carbons (Fsp3) is 0.0690. The molecule has 4 nitrogen and oxygen atoms in total. The van der Waals surface area contributed by atoms with Crippen molar-refractivity contribution >= 4 is 21.9 Å². The van der Waals surface area contributed by atoms with E-state index in [1.165, 1.54) is 12.3 Å². The van der Waals surface area contributed by atoms with Crippen molar-refractivity contribution in [2.24, 2.45) is 0 Å². The van der Waals surface area contributed by atoms with Crippen LogP contribution in [0.2, 0.25) is 0 Å². The molecular weight excluding hydrogens is 599 g/mol. The number of nitrogens with zero attached hydrogens (tertiary/aromatic N) is 3. The molecule has 0 unspecified atom stereocenters. The van der Waals surface area contributed by atoms with E-state index in [1.807, 2.05) is 48.5 Å². The van der Waals surface area contributed by atoms with Gasteiger partial charge in [0.25, 0.3) is 0 Å². The van der Waals surface area contributed by atoms with Gasteiger partial charge in [0.2, 0.25) is 0 Å². The van der Waals surface area contributed by atoms with Crippen LogP contribution in [0, 0.1) is 25.8 Å². The standard InChI is InChI=1S/C17H11N2O.C12H10N.Ir/c1-11-5-4-7-14(19-11)15-9-13-12-6-2-3-8-16(12)20-17(13)10-18-15;1-10-7-8-12(13-9-10)11-5-3-2-4-6-11;/h2-6,8-10H,1H3;2-5,7-9H,1H3;/q2*-1;/i2*1D3;. The number of hydrogen-bond donors (Lipinski definition) is 0. The van der Waals surface area contributed by atoms with E-state index in [-0.39, 0.29) is 31.4 Å². The quantitative estimate of drug-likeness (QED) is 0.195. The third-order valence-corrected chi connectivity index (χ3v) is 4.95. The Kier molecular flexibility index (Phi) is 5.22. The van der Waals surface area contributed by atoms with Gasteiger partial charge in [-0.25, -0.2) is 0 Å². The minimum atomic E-state index is -2.25. The number of aryl methyl sites for hydroxylation is 2. The molecule has 0 aliphatic heterocycles. The fourth-order valence-electron chi connectivity index (χ4n) is 3.39. The summed E-state index contributed by atoms with van der Waals surface area (Å²) in [7, 11) is 0. The Morgan fingerprint density at radius 3 is 2.44 bits per heavy atom. The van der Waals surface area contributed by atoms with Gasteiger partial charge in [-0.3, -0.25) is 4.98 Å². The van der Waals surface area contributed by atoms with Gasteiger partial charge in [0.1, 0.15) is 5.58 Å². The number of fused-ring (bicyclic) bond motifs is 3. The van der Waals surface area contributed by atoms with Crippen molar-refractivity contribution in [3.8, 4) is 22.6 Å². The molecule has 4 aromatic heterocycles. The van der Waals surface area contributed by atoms with E-state index in [1.54, 1.807) is 30.5 Å². The summed E-state index contributed by atoms with van der Waals surface area (Å²) in [5, 5.41) is 1.90. The molecule has 0 spiro atoms. The molecule has 0 saturated carbocycles. The van der Waals surface area contributed by atoms with Crippen molar-refractivity contribution in [2.45, 2.75) is 13.7 Å². The van der Waals surface area contributed by atoms with Crippen LogP contribution in [-0.2, 0) is 20.1 Å². The maximum atomic E-state index is 7.47. The summed E-state index contributed by atoms with van der Waals surface area (Å²) in [6, 6.07) is 29.3. The average molecular weight is 626 g/mol. The third kappa shape index (κ3) is 5.12. The summed E-state index contributed by atoms with van der Waals surface area (Å²) in [4.78, 5) is 12.6. The molecule has 2 aromatic carbocycles. The Labute approximate surface area is 220 Å². The summed E-state index contributed by atoms with van der Waals surface area (Å²) < 4.78 is 49.8. The van der Waals surface area contributed by atoms with Crippen molar-refractivity contribution in [1.29, 1.82) is 0 Å². The second-order valence-corrected chi connectivity index (χ2v) is 7.20. The van der Waals surface area contributed by atoms with Crippen LogP contribution in [0.3, 0.4) is 0 Å². The summed E-state index contributed by atoms with van der Waals surface area (Å²) >= 11 is 0. The van der Waals surface area contributed by atoms with Crippen LogP contribution in [0.1, 0.15) is 19.5 Å². The second-order valence-electron chi connectivity index (χ2n) is 7.20. The first-order valence-corrected chi connectivity index (χ1v) is 10.2. The summed E-state index contributed by atoms with van der Waals surface area (Å²) in [6.07, 6.45) is 3.02. The van der Waals surface area contributed by atoms with Gasteiger partial charge < -0.3 is 14.4 Å². The molecule has 0 fully saturated rings. The average Bonchev–Trinajstić information content (AvgIpc) is 3.31. The van der Waals surface area contributed by atoms with Gasteiger partial charge in [0.15, 0.2) is 5.58 Å². The normalized spacial score (nSPS) is 13.8. The topological polar surface area (TPSA) is 51.8 Å². The number of aromatic nitrogens is 3. The third-order valence-electron chi connectivity index (χ3n) is 4.95. The molecule has 0 aliphatic rings. The van der Waals surface area contributed by atoms with Crippen LogP contribution >= 0.6 is 0 Å². The van der Waals surface area contributed by atoms with E-state index in [4.69, 9.17) is 12.6 Å². The van der Waals surface area contributed by atoms with E-state index < -0.39 is 13.7 Å². The first-order valence-electron chi connectivity index (χ1n) is 13.2. The summed E-state index contributed by atoms with van der Waals surface area (Å²) in [5.41, 5.74) is 4.32. The number of rotatable bonds is 2. The van der Waals surface area contributed by atoms with Crippen LogP contribution < -0.4 is 0 Å². The fourth-order valence-corrected chi connectivity index (χ4v) is 3.39. The summed E-state index contributed by atoms with van der Waals surface area (Å²) in [5.74, 6) is 0. The molecule has 0 N–H and O–H groups in total. The largest absolute Gasteiger partial charge is 0.455 e. The molecule has 5 heteroatoms. The molecule has 0 aliphatic carbocycles. The molecule has 6 aromatic rings. The SMILES string of the molecule is [2H]C([2H])([2H])c1cc[c-]c(-c2cc3c(cn2)oc2ccccc23)n1.[2H]C([2H])([2H])c1ccc(-c2[c-]cccc2)nc1.[Ir]. The molecule has 6 rings (SSSR count). The first-order chi connectivity index (χ1) is 18.6. The van der Waals surface area contributed by atoms with Crippen molar-refractivity contribution in [1.82, 2.24) is 15.0 Å². The number of furan rings is 1. The van der Waals surface area contributed by atoms with Crippen LogP contribution in [0.4, 0.5) is 0 Å². The minimum absolute atomic E-state index is 0. The molecule has 34 heavy (non-hydrogen) atoms. The van der Waals surface area contributed by atoms with E-state index >= 15 is 0 Å². The molecule has 0 atom stereocenters. The first kappa shape index (κ1) is 16.9. The molecule has 0 saturated heterocycles. The maximum Gasteiger partial charge on any atom is 0.151 e.